The summed E-state index contributed by atoms with van der Waals surface area (Å²) in [5, 5.41) is 3.15. The van der Waals surface area contributed by atoms with Crippen LogP contribution in [0.4, 0.5) is 0 Å². The molecule has 0 radical (unpaired) electrons. The Morgan fingerprint density at radius 1 is 1.41 bits per heavy atom. The monoisotopic (exact) mass is 320 g/mol. The summed E-state index contributed by atoms with van der Waals surface area (Å²) in [6.45, 7) is 6.40. The summed E-state index contributed by atoms with van der Waals surface area (Å²) in [4.78, 5) is 15.4. The lowest BCUT2D eigenvalue weighted by Crippen LogP contribution is -2.50. The highest BCUT2D eigenvalue weighted by molar-refractivity contribution is 7.99. The molecule has 122 valence electrons. The van der Waals surface area contributed by atoms with Gasteiger partial charge in [-0.25, -0.2) is 0 Å². The van der Waals surface area contributed by atoms with Crippen LogP contribution in [-0.2, 0) is 4.79 Å². The van der Waals surface area contributed by atoms with Crippen molar-refractivity contribution in [2.75, 3.05) is 18.8 Å². The number of nitrogens with zero attached hydrogens (tertiary/aromatic N) is 1. The third kappa shape index (κ3) is 5.65. The van der Waals surface area contributed by atoms with E-state index in [1.165, 1.54) is 17.7 Å². The van der Waals surface area contributed by atoms with Crippen LogP contribution in [0.3, 0.4) is 0 Å². The van der Waals surface area contributed by atoms with E-state index >= 15 is 0 Å². The molecule has 4 heteroatoms. The summed E-state index contributed by atoms with van der Waals surface area (Å²) in [7, 11) is 0. The molecule has 1 aromatic carbocycles. The van der Waals surface area contributed by atoms with Gasteiger partial charge in [0.2, 0.25) is 5.91 Å². The van der Waals surface area contributed by atoms with Crippen LogP contribution in [0.5, 0.6) is 0 Å². The molecule has 0 aliphatic carbocycles. The van der Waals surface area contributed by atoms with Crippen molar-refractivity contribution < 1.29 is 4.79 Å². The predicted molar refractivity (Wildman–Crippen MR) is 94.3 cm³/mol. The van der Waals surface area contributed by atoms with Gasteiger partial charge in [0.1, 0.15) is 0 Å². The first-order chi connectivity index (χ1) is 10.7. The molecule has 0 bridgehead atoms. The van der Waals surface area contributed by atoms with E-state index in [-0.39, 0.29) is 5.91 Å². The maximum Gasteiger partial charge on any atom is 0.219 e. The minimum atomic E-state index is 0.180. The molecule has 1 aliphatic heterocycles. The van der Waals surface area contributed by atoms with Gasteiger partial charge >= 0.3 is 0 Å². The summed E-state index contributed by atoms with van der Waals surface area (Å²) in [6.07, 6.45) is 4.08. The van der Waals surface area contributed by atoms with Gasteiger partial charge in [-0.2, -0.15) is 0 Å². The highest BCUT2D eigenvalue weighted by Crippen LogP contribution is 2.21. The molecule has 0 unspecified atom stereocenters. The fourth-order valence-electron chi connectivity index (χ4n) is 2.90. The Hall–Kier alpha value is -1.00. The van der Waals surface area contributed by atoms with Crippen LogP contribution in [0.2, 0.25) is 0 Å². The molecule has 1 amide bonds. The average Bonchev–Trinajstić information content (AvgIpc) is 2.56. The molecule has 1 heterocycles. The topological polar surface area (TPSA) is 32.3 Å². The van der Waals surface area contributed by atoms with Crippen LogP contribution >= 0.6 is 11.8 Å². The Bertz CT molecular complexity index is 452. The summed E-state index contributed by atoms with van der Waals surface area (Å²) in [6, 6.07) is 11.5. The van der Waals surface area contributed by atoms with Crippen molar-refractivity contribution in [2.24, 2.45) is 0 Å². The molecule has 1 fully saturated rings. The standard InChI is InChI=1S/C18H28N2OS/c1-3-18(21)19-16-8-7-12-20(14-16)15(2)11-13-22-17-9-5-4-6-10-17/h4-6,9-10,15-16H,3,7-8,11-14H2,1-2H3,(H,19,21)/t15-,16+/m0/s1. The molecule has 1 aliphatic rings. The quantitative estimate of drug-likeness (QED) is 0.780. The Morgan fingerprint density at radius 2 is 2.18 bits per heavy atom. The second kappa shape index (κ2) is 9.21. The van der Waals surface area contributed by atoms with Crippen molar-refractivity contribution in [1.29, 1.82) is 0 Å². The lowest BCUT2D eigenvalue weighted by Gasteiger charge is -2.37. The second-order valence-corrected chi connectivity index (χ2v) is 7.22. The largest absolute Gasteiger partial charge is 0.352 e. The normalized spacial score (nSPS) is 20.5. The van der Waals surface area contributed by atoms with Crippen molar-refractivity contribution in [2.45, 2.75) is 56.5 Å². The number of carbonyl (C=O) groups is 1. The van der Waals surface area contributed by atoms with Crippen molar-refractivity contribution in [1.82, 2.24) is 10.2 Å². The summed E-state index contributed by atoms with van der Waals surface area (Å²) >= 11 is 1.93. The number of amides is 1. The smallest absolute Gasteiger partial charge is 0.219 e. The van der Waals surface area contributed by atoms with Crippen molar-refractivity contribution >= 4 is 17.7 Å². The van der Waals surface area contributed by atoms with Gasteiger partial charge in [-0.1, -0.05) is 25.1 Å². The van der Waals surface area contributed by atoms with E-state index in [1.54, 1.807) is 0 Å². The lowest BCUT2D eigenvalue weighted by atomic mass is 10.0. The third-order valence-corrected chi connectivity index (χ3v) is 5.36. The van der Waals surface area contributed by atoms with E-state index in [0.29, 0.717) is 18.5 Å². The molecule has 0 saturated carbocycles. The lowest BCUT2D eigenvalue weighted by molar-refractivity contribution is -0.121. The number of piperidine rings is 1. The maximum atomic E-state index is 11.6. The fourth-order valence-corrected chi connectivity index (χ4v) is 3.95. The number of hydrogen-bond donors (Lipinski definition) is 1. The first-order valence-corrected chi connectivity index (χ1v) is 9.39. The predicted octanol–water partition coefficient (Wildman–Crippen LogP) is 3.55. The Balaban J connectivity index is 1.72. The molecular formula is C18H28N2OS. The number of thioether (sulfide) groups is 1. The molecule has 22 heavy (non-hydrogen) atoms. The van der Waals surface area contributed by atoms with E-state index in [0.717, 1.165) is 25.3 Å². The molecule has 3 nitrogen and oxygen atoms in total. The zero-order valence-electron chi connectivity index (χ0n) is 13.8. The number of likely N-dealkylation sites (tertiary alicyclic amines) is 1. The van der Waals surface area contributed by atoms with Crippen LogP contribution in [-0.4, -0.2) is 41.7 Å². The fraction of sp³-hybridized carbons (Fsp3) is 0.611. The molecule has 0 aromatic heterocycles. The highest BCUT2D eigenvalue weighted by atomic mass is 32.2. The molecule has 1 saturated heterocycles. The van der Waals surface area contributed by atoms with E-state index in [2.05, 4.69) is 47.5 Å². The zero-order chi connectivity index (χ0) is 15.8. The molecule has 1 N–H and O–H groups in total. The van der Waals surface area contributed by atoms with Crippen molar-refractivity contribution in [3.05, 3.63) is 30.3 Å². The van der Waals surface area contributed by atoms with Crippen LogP contribution < -0.4 is 5.32 Å². The third-order valence-electron chi connectivity index (χ3n) is 4.31. The molecule has 1 aromatic rings. The van der Waals surface area contributed by atoms with Gasteiger partial charge in [-0.15, -0.1) is 11.8 Å². The van der Waals surface area contributed by atoms with Crippen molar-refractivity contribution in [3.63, 3.8) is 0 Å². The van der Waals surface area contributed by atoms with Gasteiger partial charge in [0.15, 0.2) is 0 Å². The van der Waals surface area contributed by atoms with Gasteiger partial charge in [0.25, 0.3) is 0 Å². The summed E-state index contributed by atoms with van der Waals surface area (Å²) in [5.41, 5.74) is 0. The average molecular weight is 321 g/mol. The van der Waals surface area contributed by atoms with Crippen molar-refractivity contribution in [3.8, 4) is 0 Å². The first-order valence-electron chi connectivity index (χ1n) is 8.40. The van der Waals surface area contributed by atoms with E-state index in [1.807, 2.05) is 18.7 Å². The van der Waals surface area contributed by atoms with Gasteiger partial charge in [-0.3, -0.25) is 9.69 Å². The van der Waals surface area contributed by atoms with Gasteiger partial charge in [0, 0.05) is 29.9 Å². The number of nitrogens with one attached hydrogen (secondary N) is 1. The van der Waals surface area contributed by atoms with Crippen LogP contribution in [0, 0.1) is 0 Å². The molecule has 2 rings (SSSR count). The number of rotatable bonds is 7. The minimum absolute atomic E-state index is 0.180. The Kier molecular flexibility index (Phi) is 7.26. The SMILES string of the molecule is CCC(=O)N[C@@H]1CCCN([C@@H](C)CCSc2ccccc2)C1. The maximum absolute atomic E-state index is 11.6. The molecule has 0 spiro atoms. The highest BCUT2D eigenvalue weighted by Gasteiger charge is 2.24. The van der Waals surface area contributed by atoms with Gasteiger partial charge in [0.05, 0.1) is 0 Å². The summed E-state index contributed by atoms with van der Waals surface area (Å²) in [5.74, 6) is 1.33. The van der Waals surface area contributed by atoms with E-state index in [4.69, 9.17) is 0 Å². The van der Waals surface area contributed by atoms with Crippen LogP contribution in [0.15, 0.2) is 35.2 Å². The van der Waals surface area contributed by atoms with Gasteiger partial charge in [-0.05, 0) is 50.6 Å². The number of carbonyl (C=O) groups excluding carboxylic acids is 1. The second-order valence-electron chi connectivity index (χ2n) is 6.05. The zero-order valence-corrected chi connectivity index (χ0v) is 14.6. The van der Waals surface area contributed by atoms with Crippen LogP contribution in [0.1, 0.15) is 39.5 Å². The van der Waals surface area contributed by atoms with E-state index in [9.17, 15) is 4.79 Å². The number of hydrogen-bond acceptors (Lipinski definition) is 3. The first kappa shape index (κ1) is 17.4. The number of benzene rings is 1. The summed E-state index contributed by atoms with van der Waals surface area (Å²) < 4.78 is 0. The minimum Gasteiger partial charge on any atom is -0.352 e. The van der Waals surface area contributed by atoms with Crippen LogP contribution in [0.25, 0.3) is 0 Å². The molecule has 2 atom stereocenters. The Morgan fingerprint density at radius 3 is 2.91 bits per heavy atom. The Labute approximate surface area is 138 Å². The van der Waals surface area contributed by atoms with Gasteiger partial charge < -0.3 is 5.32 Å². The molecular weight excluding hydrogens is 292 g/mol. The van der Waals surface area contributed by atoms with E-state index < -0.39 is 0 Å².